The average molecular weight is 236 g/mol. The molecule has 0 atom stereocenters. The normalized spacial score (nSPS) is 10.5. The molecule has 1 rings (SSSR count). The number of hydrogen-bond donors (Lipinski definition) is 1. The fourth-order valence-electron chi connectivity index (χ4n) is 2.00. The van der Waals surface area contributed by atoms with Crippen molar-refractivity contribution in [1.29, 1.82) is 0 Å². The summed E-state index contributed by atoms with van der Waals surface area (Å²) in [6.45, 7) is 8.63. The highest BCUT2D eigenvalue weighted by molar-refractivity contribution is 5.37. The van der Waals surface area contributed by atoms with Crippen LogP contribution in [-0.4, -0.2) is 11.9 Å². The molecule has 0 fully saturated rings. The minimum absolute atomic E-state index is 0.0838. The largest absolute Gasteiger partial charge is 0.508 e. The van der Waals surface area contributed by atoms with Gasteiger partial charge in [-0.05, 0) is 23.5 Å². The van der Waals surface area contributed by atoms with E-state index >= 15 is 0 Å². The third kappa shape index (κ3) is 5.03. The molecule has 0 aromatic heterocycles. The van der Waals surface area contributed by atoms with Crippen LogP contribution < -0.4 is 0 Å². The number of aromatic hydroxyl groups is 1. The molecular formula is C15H24O2. The molecule has 1 aromatic rings. The maximum atomic E-state index is 9.80. The Morgan fingerprint density at radius 1 is 1.18 bits per heavy atom. The molecule has 0 spiro atoms. The molecule has 0 radical (unpaired) electrons. The number of phenols is 1. The first kappa shape index (κ1) is 15.7. The SMILES string of the molecule is C=O.CCCCCC(C)(C)c1ccccc1O. The summed E-state index contributed by atoms with van der Waals surface area (Å²) in [6.07, 6.45) is 4.89. The van der Waals surface area contributed by atoms with Crippen LogP contribution in [0.1, 0.15) is 52.0 Å². The fraction of sp³-hybridized carbons (Fsp3) is 0.533. The molecule has 0 aliphatic carbocycles. The van der Waals surface area contributed by atoms with Gasteiger partial charge in [0.2, 0.25) is 0 Å². The topological polar surface area (TPSA) is 37.3 Å². The zero-order valence-electron chi connectivity index (χ0n) is 11.2. The van der Waals surface area contributed by atoms with Gasteiger partial charge in [0.25, 0.3) is 0 Å². The van der Waals surface area contributed by atoms with Gasteiger partial charge in [0.05, 0.1) is 0 Å². The quantitative estimate of drug-likeness (QED) is 0.783. The van der Waals surface area contributed by atoms with Crippen LogP contribution in [0.3, 0.4) is 0 Å². The van der Waals surface area contributed by atoms with Gasteiger partial charge in [-0.15, -0.1) is 0 Å². The monoisotopic (exact) mass is 236 g/mol. The van der Waals surface area contributed by atoms with E-state index in [9.17, 15) is 5.11 Å². The number of hydrogen-bond acceptors (Lipinski definition) is 2. The predicted octanol–water partition coefficient (Wildman–Crippen LogP) is 4.07. The zero-order valence-corrected chi connectivity index (χ0v) is 11.2. The molecule has 0 bridgehead atoms. The first-order valence-electron chi connectivity index (χ1n) is 6.15. The summed E-state index contributed by atoms with van der Waals surface area (Å²) in [5.41, 5.74) is 1.15. The van der Waals surface area contributed by atoms with Crippen molar-refractivity contribution in [2.24, 2.45) is 0 Å². The summed E-state index contributed by atoms with van der Waals surface area (Å²) in [6, 6.07) is 7.68. The van der Waals surface area contributed by atoms with Gasteiger partial charge in [0.1, 0.15) is 12.5 Å². The van der Waals surface area contributed by atoms with Crippen LogP contribution in [0, 0.1) is 0 Å². The fourth-order valence-corrected chi connectivity index (χ4v) is 2.00. The summed E-state index contributed by atoms with van der Waals surface area (Å²) < 4.78 is 0. The lowest BCUT2D eigenvalue weighted by Crippen LogP contribution is -2.17. The number of carbonyl (C=O) groups is 1. The van der Waals surface area contributed by atoms with Crippen LogP contribution in [0.15, 0.2) is 24.3 Å². The Balaban J connectivity index is 0.00000121. The first-order valence-corrected chi connectivity index (χ1v) is 6.15. The van der Waals surface area contributed by atoms with Gasteiger partial charge in [0, 0.05) is 0 Å². The lowest BCUT2D eigenvalue weighted by Gasteiger charge is -2.26. The zero-order chi connectivity index (χ0) is 13.3. The van der Waals surface area contributed by atoms with Crippen molar-refractivity contribution >= 4 is 6.79 Å². The molecule has 0 aliphatic heterocycles. The predicted molar refractivity (Wildman–Crippen MR) is 72.4 cm³/mol. The molecule has 0 aliphatic rings. The summed E-state index contributed by atoms with van der Waals surface area (Å²) in [5.74, 6) is 0.430. The van der Waals surface area contributed by atoms with Crippen molar-refractivity contribution in [3.05, 3.63) is 29.8 Å². The van der Waals surface area contributed by atoms with Crippen molar-refractivity contribution in [2.75, 3.05) is 0 Å². The molecule has 0 heterocycles. The van der Waals surface area contributed by atoms with Gasteiger partial charge in [0.15, 0.2) is 0 Å². The Bertz CT molecular complexity index is 318. The minimum Gasteiger partial charge on any atom is -0.508 e. The van der Waals surface area contributed by atoms with Crippen molar-refractivity contribution in [1.82, 2.24) is 0 Å². The molecule has 17 heavy (non-hydrogen) atoms. The van der Waals surface area contributed by atoms with Crippen LogP contribution in [0.2, 0.25) is 0 Å². The number of rotatable bonds is 5. The Labute approximate surface area is 105 Å². The molecule has 0 saturated heterocycles. The standard InChI is InChI=1S/C14H22O.CH2O/c1-4-5-8-11-14(2,3)12-9-6-7-10-13(12)15;1-2/h6-7,9-10,15H,4-5,8,11H2,1-3H3;1H2. The molecule has 2 heteroatoms. The molecule has 1 aromatic carbocycles. The van der Waals surface area contributed by atoms with E-state index in [1.807, 2.05) is 25.0 Å². The second kappa shape index (κ2) is 7.88. The number of unbranched alkanes of at least 4 members (excludes halogenated alkanes) is 2. The highest BCUT2D eigenvalue weighted by Gasteiger charge is 2.22. The van der Waals surface area contributed by atoms with E-state index in [1.165, 1.54) is 19.3 Å². The number of benzene rings is 1. The Kier molecular flexibility index (Phi) is 7.27. The van der Waals surface area contributed by atoms with E-state index in [0.717, 1.165) is 12.0 Å². The smallest absolute Gasteiger partial charge is 0.119 e. The van der Waals surface area contributed by atoms with Crippen molar-refractivity contribution in [3.8, 4) is 5.75 Å². The minimum atomic E-state index is 0.0838. The van der Waals surface area contributed by atoms with E-state index in [-0.39, 0.29) is 5.41 Å². The van der Waals surface area contributed by atoms with Crippen LogP contribution in [-0.2, 0) is 10.2 Å². The first-order chi connectivity index (χ1) is 8.08. The second-order valence-electron chi connectivity index (χ2n) is 4.86. The lowest BCUT2D eigenvalue weighted by molar-refractivity contribution is -0.0979. The Morgan fingerprint density at radius 2 is 1.76 bits per heavy atom. The van der Waals surface area contributed by atoms with Gasteiger partial charge in [-0.2, -0.15) is 0 Å². The maximum Gasteiger partial charge on any atom is 0.119 e. The Morgan fingerprint density at radius 3 is 2.29 bits per heavy atom. The van der Waals surface area contributed by atoms with Gasteiger partial charge in [-0.3, -0.25) is 0 Å². The molecule has 0 unspecified atom stereocenters. The van der Waals surface area contributed by atoms with E-state index in [0.29, 0.717) is 5.75 Å². The molecule has 2 nitrogen and oxygen atoms in total. The lowest BCUT2D eigenvalue weighted by atomic mass is 9.79. The molecule has 0 amide bonds. The van der Waals surface area contributed by atoms with E-state index in [1.54, 1.807) is 6.07 Å². The molecule has 1 N–H and O–H groups in total. The van der Waals surface area contributed by atoms with Crippen molar-refractivity contribution in [2.45, 2.75) is 51.9 Å². The Hall–Kier alpha value is -1.31. The number of phenolic OH excluding ortho intramolecular Hbond substituents is 1. The number of para-hydroxylation sites is 1. The molecular weight excluding hydrogens is 212 g/mol. The van der Waals surface area contributed by atoms with Crippen LogP contribution in [0.25, 0.3) is 0 Å². The molecule has 0 saturated carbocycles. The number of carbonyl (C=O) groups excluding carboxylic acids is 1. The highest BCUT2D eigenvalue weighted by Crippen LogP contribution is 2.34. The van der Waals surface area contributed by atoms with E-state index in [4.69, 9.17) is 4.79 Å². The maximum absolute atomic E-state index is 9.80. The van der Waals surface area contributed by atoms with Crippen LogP contribution in [0.5, 0.6) is 5.75 Å². The highest BCUT2D eigenvalue weighted by atomic mass is 16.3. The third-order valence-corrected chi connectivity index (χ3v) is 3.04. The van der Waals surface area contributed by atoms with Gasteiger partial charge in [-0.1, -0.05) is 58.2 Å². The van der Waals surface area contributed by atoms with Gasteiger partial charge < -0.3 is 9.90 Å². The third-order valence-electron chi connectivity index (χ3n) is 3.04. The average Bonchev–Trinajstić information content (AvgIpc) is 2.32. The van der Waals surface area contributed by atoms with Gasteiger partial charge in [-0.25, -0.2) is 0 Å². The summed E-state index contributed by atoms with van der Waals surface area (Å²) in [4.78, 5) is 8.00. The van der Waals surface area contributed by atoms with E-state index < -0.39 is 0 Å². The summed E-state index contributed by atoms with van der Waals surface area (Å²) >= 11 is 0. The van der Waals surface area contributed by atoms with Crippen LogP contribution in [0.4, 0.5) is 0 Å². The summed E-state index contributed by atoms with van der Waals surface area (Å²) in [5, 5.41) is 9.80. The van der Waals surface area contributed by atoms with Gasteiger partial charge >= 0.3 is 0 Å². The van der Waals surface area contributed by atoms with E-state index in [2.05, 4.69) is 20.8 Å². The summed E-state index contributed by atoms with van der Waals surface area (Å²) in [7, 11) is 0. The van der Waals surface area contributed by atoms with Crippen molar-refractivity contribution in [3.63, 3.8) is 0 Å². The van der Waals surface area contributed by atoms with Crippen molar-refractivity contribution < 1.29 is 9.90 Å². The van der Waals surface area contributed by atoms with Crippen LogP contribution >= 0.6 is 0 Å². The molecule has 96 valence electrons. The second-order valence-corrected chi connectivity index (χ2v) is 4.86.